The van der Waals surface area contributed by atoms with Gasteiger partial charge in [0.2, 0.25) is 5.91 Å². The smallest absolute Gasteiger partial charge is 0.228 e. The van der Waals surface area contributed by atoms with E-state index in [9.17, 15) is 4.79 Å². The van der Waals surface area contributed by atoms with Crippen LogP contribution in [0.2, 0.25) is 0 Å². The zero-order valence-corrected chi connectivity index (χ0v) is 11.6. The van der Waals surface area contributed by atoms with Crippen LogP contribution >= 0.6 is 0 Å². The van der Waals surface area contributed by atoms with Gasteiger partial charge in [-0.25, -0.2) is 0 Å². The van der Waals surface area contributed by atoms with E-state index in [1.54, 1.807) is 4.90 Å². The summed E-state index contributed by atoms with van der Waals surface area (Å²) in [5.41, 5.74) is 0.854. The SMILES string of the molecule is CC(C)NCCC(=O)N(CCC#N)c1ccccc1. The number of carbonyl (C=O) groups excluding carboxylic acids is 1. The average Bonchev–Trinajstić information content (AvgIpc) is 2.40. The monoisotopic (exact) mass is 259 g/mol. The highest BCUT2D eigenvalue weighted by Crippen LogP contribution is 2.14. The summed E-state index contributed by atoms with van der Waals surface area (Å²) in [4.78, 5) is 13.9. The normalized spacial score (nSPS) is 10.2. The summed E-state index contributed by atoms with van der Waals surface area (Å²) >= 11 is 0. The van der Waals surface area contributed by atoms with Gasteiger partial charge in [0.1, 0.15) is 0 Å². The highest BCUT2D eigenvalue weighted by atomic mass is 16.2. The molecule has 1 aromatic carbocycles. The number of para-hydroxylation sites is 1. The van der Waals surface area contributed by atoms with E-state index in [4.69, 9.17) is 5.26 Å². The molecule has 102 valence electrons. The predicted molar refractivity (Wildman–Crippen MR) is 76.8 cm³/mol. The fourth-order valence-corrected chi connectivity index (χ4v) is 1.77. The summed E-state index contributed by atoms with van der Waals surface area (Å²) in [5, 5.41) is 11.9. The molecular weight excluding hydrogens is 238 g/mol. The van der Waals surface area contributed by atoms with E-state index in [2.05, 4.69) is 25.2 Å². The van der Waals surface area contributed by atoms with Gasteiger partial charge in [-0.1, -0.05) is 32.0 Å². The van der Waals surface area contributed by atoms with Crippen LogP contribution in [0, 0.1) is 11.3 Å². The number of hydrogen-bond donors (Lipinski definition) is 1. The van der Waals surface area contributed by atoms with Crippen molar-refractivity contribution in [2.75, 3.05) is 18.0 Å². The second kappa shape index (κ2) is 8.28. The topological polar surface area (TPSA) is 56.1 Å². The Morgan fingerprint density at radius 3 is 2.63 bits per heavy atom. The Morgan fingerprint density at radius 1 is 1.37 bits per heavy atom. The van der Waals surface area contributed by atoms with Crippen LogP contribution in [-0.4, -0.2) is 25.0 Å². The summed E-state index contributed by atoms with van der Waals surface area (Å²) in [5.74, 6) is 0.0506. The fourth-order valence-electron chi connectivity index (χ4n) is 1.77. The third-order valence-electron chi connectivity index (χ3n) is 2.71. The number of anilines is 1. The minimum absolute atomic E-state index is 0.0506. The summed E-state index contributed by atoms with van der Waals surface area (Å²) in [7, 11) is 0. The molecule has 0 radical (unpaired) electrons. The number of nitriles is 1. The van der Waals surface area contributed by atoms with Crippen LogP contribution in [0.4, 0.5) is 5.69 Å². The number of rotatable bonds is 7. The molecule has 0 saturated heterocycles. The van der Waals surface area contributed by atoms with Crippen molar-refractivity contribution in [2.24, 2.45) is 0 Å². The number of amides is 1. The van der Waals surface area contributed by atoms with Crippen molar-refractivity contribution in [2.45, 2.75) is 32.7 Å². The van der Waals surface area contributed by atoms with E-state index in [0.29, 0.717) is 32.0 Å². The molecule has 1 amide bonds. The largest absolute Gasteiger partial charge is 0.314 e. The van der Waals surface area contributed by atoms with Crippen LogP contribution in [-0.2, 0) is 4.79 Å². The van der Waals surface area contributed by atoms with Crippen LogP contribution in [0.3, 0.4) is 0 Å². The molecule has 0 saturated carbocycles. The zero-order chi connectivity index (χ0) is 14.1. The highest BCUT2D eigenvalue weighted by molar-refractivity contribution is 5.93. The Bertz CT molecular complexity index is 423. The highest BCUT2D eigenvalue weighted by Gasteiger charge is 2.14. The second-order valence-electron chi connectivity index (χ2n) is 4.65. The first-order valence-electron chi connectivity index (χ1n) is 6.61. The molecule has 19 heavy (non-hydrogen) atoms. The van der Waals surface area contributed by atoms with Crippen molar-refractivity contribution in [3.8, 4) is 6.07 Å². The molecule has 0 aliphatic rings. The Balaban J connectivity index is 2.64. The van der Waals surface area contributed by atoms with Crippen molar-refractivity contribution < 1.29 is 4.79 Å². The minimum atomic E-state index is 0.0506. The molecule has 0 bridgehead atoms. The molecule has 4 nitrogen and oxygen atoms in total. The molecular formula is C15H21N3O. The average molecular weight is 259 g/mol. The van der Waals surface area contributed by atoms with Gasteiger partial charge >= 0.3 is 0 Å². The summed E-state index contributed by atoms with van der Waals surface area (Å²) in [6.07, 6.45) is 0.788. The zero-order valence-electron chi connectivity index (χ0n) is 11.6. The number of carbonyl (C=O) groups is 1. The Hall–Kier alpha value is -1.86. The van der Waals surface area contributed by atoms with Gasteiger partial charge in [-0.3, -0.25) is 4.79 Å². The Morgan fingerprint density at radius 2 is 2.05 bits per heavy atom. The van der Waals surface area contributed by atoms with E-state index in [1.165, 1.54) is 0 Å². The molecule has 1 aromatic rings. The van der Waals surface area contributed by atoms with Gasteiger partial charge in [-0.05, 0) is 12.1 Å². The van der Waals surface area contributed by atoms with Gasteiger partial charge in [0.15, 0.2) is 0 Å². The first-order valence-corrected chi connectivity index (χ1v) is 6.61. The quantitative estimate of drug-likeness (QED) is 0.817. The first kappa shape index (κ1) is 15.2. The maximum absolute atomic E-state index is 12.2. The lowest BCUT2D eigenvalue weighted by molar-refractivity contribution is -0.118. The van der Waals surface area contributed by atoms with Gasteiger partial charge in [0.25, 0.3) is 0 Å². The van der Waals surface area contributed by atoms with Gasteiger partial charge in [-0.15, -0.1) is 0 Å². The van der Waals surface area contributed by atoms with Crippen LogP contribution in [0.5, 0.6) is 0 Å². The summed E-state index contributed by atoms with van der Waals surface area (Å²) in [6, 6.07) is 12.0. The molecule has 0 aromatic heterocycles. The number of nitrogens with one attached hydrogen (secondary N) is 1. The van der Waals surface area contributed by atoms with Crippen molar-refractivity contribution >= 4 is 11.6 Å². The number of hydrogen-bond acceptors (Lipinski definition) is 3. The van der Waals surface area contributed by atoms with E-state index in [1.807, 2.05) is 30.3 Å². The lowest BCUT2D eigenvalue weighted by Crippen LogP contribution is -2.35. The van der Waals surface area contributed by atoms with Crippen molar-refractivity contribution in [1.82, 2.24) is 5.32 Å². The Kier molecular flexibility index (Phi) is 6.62. The van der Waals surface area contributed by atoms with Crippen molar-refractivity contribution in [3.63, 3.8) is 0 Å². The maximum atomic E-state index is 12.2. The fraction of sp³-hybridized carbons (Fsp3) is 0.467. The third kappa shape index (κ3) is 5.54. The van der Waals surface area contributed by atoms with Crippen LogP contribution in [0.1, 0.15) is 26.7 Å². The lowest BCUT2D eigenvalue weighted by atomic mass is 10.2. The van der Waals surface area contributed by atoms with Crippen LogP contribution in [0.25, 0.3) is 0 Å². The molecule has 1 N–H and O–H groups in total. The van der Waals surface area contributed by atoms with Gasteiger partial charge in [-0.2, -0.15) is 5.26 Å². The molecule has 0 fully saturated rings. The van der Waals surface area contributed by atoms with Gasteiger partial charge in [0.05, 0.1) is 12.5 Å². The standard InChI is InChI=1S/C15H21N3O/c1-13(2)17-11-9-15(19)18(12-6-10-16)14-7-4-3-5-8-14/h3-5,7-8,13,17H,6,9,11-12H2,1-2H3. The van der Waals surface area contributed by atoms with E-state index >= 15 is 0 Å². The number of benzene rings is 1. The molecule has 4 heteroatoms. The van der Waals surface area contributed by atoms with Crippen molar-refractivity contribution in [3.05, 3.63) is 30.3 Å². The third-order valence-corrected chi connectivity index (χ3v) is 2.71. The molecule has 1 rings (SSSR count). The van der Waals surface area contributed by atoms with Crippen molar-refractivity contribution in [1.29, 1.82) is 5.26 Å². The van der Waals surface area contributed by atoms with E-state index in [-0.39, 0.29) is 5.91 Å². The molecule has 0 heterocycles. The predicted octanol–water partition coefficient (Wildman–Crippen LogP) is 2.32. The summed E-state index contributed by atoms with van der Waals surface area (Å²) < 4.78 is 0. The molecule has 0 aliphatic carbocycles. The minimum Gasteiger partial charge on any atom is -0.314 e. The van der Waals surface area contributed by atoms with Gasteiger partial charge < -0.3 is 10.2 Å². The second-order valence-corrected chi connectivity index (χ2v) is 4.65. The maximum Gasteiger partial charge on any atom is 0.228 e. The molecule has 0 aliphatic heterocycles. The Labute approximate surface area is 115 Å². The molecule has 0 atom stereocenters. The molecule has 0 unspecified atom stereocenters. The molecule has 0 spiro atoms. The number of nitrogens with zero attached hydrogens (tertiary/aromatic N) is 2. The van der Waals surface area contributed by atoms with Crippen LogP contribution in [0.15, 0.2) is 30.3 Å². The first-order chi connectivity index (χ1) is 9.15. The van der Waals surface area contributed by atoms with E-state index in [0.717, 1.165) is 5.69 Å². The van der Waals surface area contributed by atoms with Crippen LogP contribution < -0.4 is 10.2 Å². The summed E-state index contributed by atoms with van der Waals surface area (Å²) in [6.45, 7) is 5.21. The van der Waals surface area contributed by atoms with Gasteiger partial charge in [0, 0.05) is 31.2 Å². The van der Waals surface area contributed by atoms with E-state index < -0.39 is 0 Å². The lowest BCUT2D eigenvalue weighted by Gasteiger charge is -2.22.